The van der Waals surface area contributed by atoms with Gasteiger partial charge < -0.3 is 10.8 Å². The third-order valence-electron chi connectivity index (χ3n) is 6.71. The summed E-state index contributed by atoms with van der Waals surface area (Å²) in [6.45, 7) is 2.26. The number of pyridine rings is 1. The summed E-state index contributed by atoms with van der Waals surface area (Å²) in [5.74, 6) is -0.655. The molecule has 1 aromatic carbocycles. The number of fused-ring (bicyclic) bond motifs is 2. The summed E-state index contributed by atoms with van der Waals surface area (Å²) in [5.41, 5.74) is 10.7. The van der Waals surface area contributed by atoms with E-state index in [2.05, 4.69) is 13.0 Å². The third kappa shape index (κ3) is 10.6. The van der Waals surface area contributed by atoms with Crippen LogP contribution in [0.25, 0.3) is 10.9 Å². The van der Waals surface area contributed by atoms with Gasteiger partial charge >= 0.3 is 5.97 Å². The topological polar surface area (TPSA) is 76.2 Å². The molecule has 4 heteroatoms. The number of hydrogen-bond donors (Lipinski definition) is 2. The molecule has 2 aromatic rings. The number of carbonyl (C=O) groups is 1. The Morgan fingerprint density at radius 1 is 0.848 bits per heavy atom. The average Bonchev–Trinajstić information content (AvgIpc) is 2.82. The molecule has 0 aliphatic heterocycles. The van der Waals surface area contributed by atoms with Gasteiger partial charge in [-0.25, -0.2) is 0 Å². The standard InChI is InChI=1S/C16H32O2.C13H14N2/c1-2-3-4-5-6-7-8-9-10-11-12-13-14-15-16(17)18;14-13-9-5-1-3-7-11(9)15-12-8-4-2-6-10(12)13/h2-15H2,1H3,(H,17,18);1,3,5,7H,2,4,6,8H2,(H2,14,15). The van der Waals surface area contributed by atoms with Crippen LogP contribution in [0.5, 0.6) is 0 Å². The van der Waals surface area contributed by atoms with Crippen LogP contribution in [0.2, 0.25) is 0 Å². The maximum Gasteiger partial charge on any atom is 0.303 e. The highest BCUT2D eigenvalue weighted by Gasteiger charge is 2.15. The smallest absolute Gasteiger partial charge is 0.303 e. The first-order valence-electron chi connectivity index (χ1n) is 13.5. The highest BCUT2D eigenvalue weighted by molar-refractivity contribution is 5.92. The molecule has 0 amide bonds. The van der Waals surface area contributed by atoms with Crippen LogP contribution in [0.15, 0.2) is 24.3 Å². The molecule has 0 fully saturated rings. The number of aryl methyl sites for hydroxylation is 1. The number of aliphatic carboxylic acids is 1. The Morgan fingerprint density at radius 2 is 1.39 bits per heavy atom. The van der Waals surface area contributed by atoms with Crippen LogP contribution < -0.4 is 5.73 Å². The van der Waals surface area contributed by atoms with Gasteiger partial charge in [0.1, 0.15) is 0 Å². The molecule has 0 atom stereocenters. The van der Waals surface area contributed by atoms with Crippen LogP contribution in [0.4, 0.5) is 5.69 Å². The number of para-hydroxylation sites is 1. The fourth-order valence-corrected chi connectivity index (χ4v) is 4.70. The third-order valence-corrected chi connectivity index (χ3v) is 6.71. The van der Waals surface area contributed by atoms with Gasteiger partial charge in [-0.1, -0.05) is 102 Å². The normalized spacial score (nSPS) is 12.8. The Kier molecular flexibility index (Phi) is 13.6. The zero-order chi connectivity index (χ0) is 23.7. The van der Waals surface area contributed by atoms with E-state index in [0.717, 1.165) is 42.3 Å². The zero-order valence-electron chi connectivity index (χ0n) is 20.9. The van der Waals surface area contributed by atoms with Gasteiger partial charge in [-0.2, -0.15) is 0 Å². The largest absolute Gasteiger partial charge is 0.481 e. The first-order valence-corrected chi connectivity index (χ1v) is 13.5. The number of nitrogen functional groups attached to an aromatic ring is 1. The number of nitrogens with two attached hydrogens (primary N) is 1. The van der Waals surface area contributed by atoms with Gasteiger partial charge in [-0.15, -0.1) is 0 Å². The number of rotatable bonds is 14. The summed E-state index contributed by atoms with van der Waals surface area (Å²) in [5, 5.41) is 9.60. The van der Waals surface area contributed by atoms with E-state index in [0.29, 0.717) is 6.42 Å². The number of carboxylic acid groups (broad SMARTS) is 1. The van der Waals surface area contributed by atoms with Crippen molar-refractivity contribution >= 4 is 22.6 Å². The van der Waals surface area contributed by atoms with Crippen LogP contribution in [-0.4, -0.2) is 16.1 Å². The molecule has 1 heterocycles. The summed E-state index contributed by atoms with van der Waals surface area (Å²) in [7, 11) is 0. The number of anilines is 1. The van der Waals surface area contributed by atoms with Crippen molar-refractivity contribution < 1.29 is 9.90 Å². The number of unbranched alkanes of at least 4 members (excludes halogenated alkanes) is 12. The number of hydrogen-bond acceptors (Lipinski definition) is 3. The van der Waals surface area contributed by atoms with Gasteiger partial charge in [-0.3, -0.25) is 9.78 Å². The SMILES string of the molecule is CCCCCCCCCCCCCCCC(=O)O.Nc1c2c(nc3ccccc13)CCCC2. The molecule has 1 aromatic heterocycles. The molecular formula is C29H46N2O2. The summed E-state index contributed by atoms with van der Waals surface area (Å²) in [4.78, 5) is 15.0. The Morgan fingerprint density at radius 3 is 2.00 bits per heavy atom. The minimum Gasteiger partial charge on any atom is -0.481 e. The predicted molar refractivity (Wildman–Crippen MR) is 141 cm³/mol. The number of nitrogens with zero attached hydrogens (tertiary/aromatic N) is 1. The van der Waals surface area contributed by atoms with Crippen molar-refractivity contribution in [3.05, 3.63) is 35.5 Å². The lowest BCUT2D eigenvalue weighted by Gasteiger charge is -2.18. The molecule has 33 heavy (non-hydrogen) atoms. The van der Waals surface area contributed by atoms with Crippen LogP contribution in [-0.2, 0) is 17.6 Å². The van der Waals surface area contributed by atoms with Crippen molar-refractivity contribution in [2.75, 3.05) is 5.73 Å². The maximum absolute atomic E-state index is 10.3. The maximum atomic E-state index is 10.3. The van der Waals surface area contributed by atoms with E-state index in [-0.39, 0.29) is 0 Å². The van der Waals surface area contributed by atoms with Crippen LogP contribution >= 0.6 is 0 Å². The Hall–Kier alpha value is -2.10. The molecule has 0 radical (unpaired) electrons. The molecular weight excluding hydrogens is 408 g/mol. The fraction of sp³-hybridized carbons (Fsp3) is 0.655. The van der Waals surface area contributed by atoms with Gasteiger partial charge in [0.2, 0.25) is 0 Å². The molecule has 0 saturated carbocycles. The predicted octanol–water partition coefficient (Wildman–Crippen LogP) is 8.25. The second-order valence-corrected chi connectivity index (χ2v) is 9.56. The molecule has 4 nitrogen and oxygen atoms in total. The van der Waals surface area contributed by atoms with E-state index in [4.69, 9.17) is 15.8 Å². The summed E-state index contributed by atoms with van der Waals surface area (Å²) < 4.78 is 0. The minimum atomic E-state index is -0.655. The van der Waals surface area contributed by atoms with Crippen LogP contribution in [0.1, 0.15) is 121 Å². The van der Waals surface area contributed by atoms with Crippen molar-refractivity contribution in [2.24, 2.45) is 0 Å². The lowest BCUT2D eigenvalue weighted by Crippen LogP contribution is -2.09. The highest BCUT2D eigenvalue weighted by Crippen LogP contribution is 2.30. The van der Waals surface area contributed by atoms with Gasteiger partial charge in [0.25, 0.3) is 0 Å². The van der Waals surface area contributed by atoms with Crippen molar-refractivity contribution in [3.63, 3.8) is 0 Å². The van der Waals surface area contributed by atoms with Gasteiger partial charge in [0.15, 0.2) is 0 Å². The van der Waals surface area contributed by atoms with Crippen molar-refractivity contribution in [1.29, 1.82) is 0 Å². The average molecular weight is 455 g/mol. The zero-order valence-corrected chi connectivity index (χ0v) is 20.9. The Balaban J connectivity index is 0.000000235. The van der Waals surface area contributed by atoms with E-state index in [1.54, 1.807) is 0 Å². The van der Waals surface area contributed by atoms with E-state index < -0.39 is 5.97 Å². The van der Waals surface area contributed by atoms with Crippen LogP contribution in [0.3, 0.4) is 0 Å². The number of benzene rings is 1. The van der Waals surface area contributed by atoms with Gasteiger partial charge in [0.05, 0.1) is 5.52 Å². The van der Waals surface area contributed by atoms with Gasteiger partial charge in [0, 0.05) is 23.2 Å². The molecule has 0 saturated heterocycles. The molecule has 3 rings (SSSR count). The van der Waals surface area contributed by atoms with E-state index in [9.17, 15) is 4.79 Å². The lowest BCUT2D eigenvalue weighted by molar-refractivity contribution is -0.137. The van der Waals surface area contributed by atoms with Crippen LogP contribution in [0, 0.1) is 0 Å². The second-order valence-electron chi connectivity index (χ2n) is 9.56. The molecule has 1 aliphatic rings. The molecule has 0 bridgehead atoms. The molecule has 184 valence electrons. The molecule has 3 N–H and O–H groups in total. The monoisotopic (exact) mass is 454 g/mol. The first kappa shape index (κ1) is 27.1. The summed E-state index contributed by atoms with van der Waals surface area (Å²) in [6, 6.07) is 8.15. The molecule has 0 unspecified atom stereocenters. The highest BCUT2D eigenvalue weighted by atomic mass is 16.4. The van der Waals surface area contributed by atoms with Gasteiger partial charge in [-0.05, 0) is 43.7 Å². The van der Waals surface area contributed by atoms with E-state index in [1.165, 1.54) is 94.7 Å². The van der Waals surface area contributed by atoms with Crippen molar-refractivity contribution in [2.45, 2.75) is 122 Å². The molecule has 1 aliphatic carbocycles. The summed E-state index contributed by atoms with van der Waals surface area (Å²) >= 11 is 0. The molecule has 0 spiro atoms. The van der Waals surface area contributed by atoms with Crippen molar-refractivity contribution in [3.8, 4) is 0 Å². The summed E-state index contributed by atoms with van der Waals surface area (Å²) in [6.07, 6.45) is 21.9. The van der Waals surface area contributed by atoms with E-state index in [1.807, 2.05) is 18.2 Å². The lowest BCUT2D eigenvalue weighted by atomic mass is 9.93. The first-order chi connectivity index (χ1) is 16.1. The van der Waals surface area contributed by atoms with E-state index >= 15 is 0 Å². The minimum absolute atomic E-state index is 0.345. The second kappa shape index (κ2) is 16.5. The number of aromatic nitrogens is 1. The fourth-order valence-electron chi connectivity index (χ4n) is 4.70. The quantitative estimate of drug-likeness (QED) is 0.282. The van der Waals surface area contributed by atoms with Crippen molar-refractivity contribution in [1.82, 2.24) is 4.98 Å². The Bertz CT molecular complexity index is 819. The Labute approximate surface area is 201 Å². The number of carboxylic acids is 1.